The van der Waals surface area contributed by atoms with Gasteiger partial charge in [-0.15, -0.1) is 0 Å². The first-order valence-corrected chi connectivity index (χ1v) is 15.7. The summed E-state index contributed by atoms with van der Waals surface area (Å²) in [5, 5.41) is 0. The van der Waals surface area contributed by atoms with Gasteiger partial charge in [0.15, 0.2) is 0 Å². The number of rotatable bonds is 28. The molecule has 0 aromatic carbocycles. The van der Waals surface area contributed by atoms with E-state index in [1.807, 2.05) is 0 Å². The molecule has 1 heterocycles. The molecule has 0 aliphatic heterocycles. The summed E-state index contributed by atoms with van der Waals surface area (Å²) >= 11 is 0. The Bertz CT molecular complexity index is 588. The van der Waals surface area contributed by atoms with Gasteiger partial charge in [0.05, 0.1) is 19.0 Å². The number of carbonyl (C=O) groups is 1. The lowest BCUT2D eigenvalue weighted by molar-refractivity contribution is -0.120. The van der Waals surface area contributed by atoms with E-state index in [0.717, 1.165) is 25.3 Å². The second kappa shape index (κ2) is 25.1. The number of carbonyl (C=O) groups excluding carboxylic acids is 1. The van der Waals surface area contributed by atoms with Crippen molar-refractivity contribution < 1.29 is 9.53 Å². The fourth-order valence-corrected chi connectivity index (χ4v) is 4.85. The molecule has 0 spiro atoms. The van der Waals surface area contributed by atoms with Crippen molar-refractivity contribution in [3.05, 3.63) is 18.2 Å². The van der Waals surface area contributed by atoms with Gasteiger partial charge in [-0.2, -0.15) is 0 Å². The van der Waals surface area contributed by atoms with Crippen molar-refractivity contribution in [3.63, 3.8) is 0 Å². The molecular weight excluding hydrogens is 460 g/mol. The second-order valence-corrected chi connectivity index (χ2v) is 10.9. The van der Waals surface area contributed by atoms with Crippen LogP contribution in [0.5, 0.6) is 0 Å². The summed E-state index contributed by atoms with van der Waals surface area (Å²) in [5.41, 5.74) is 6.95. The smallest absolute Gasteiger partial charge is 0.150 e. The summed E-state index contributed by atoms with van der Waals surface area (Å²) < 4.78 is 5.91. The Balaban J connectivity index is 2.17. The molecule has 3 N–H and O–H groups in total. The van der Waals surface area contributed by atoms with Crippen molar-refractivity contribution in [1.82, 2.24) is 14.9 Å². The van der Waals surface area contributed by atoms with Crippen LogP contribution in [0.15, 0.2) is 12.5 Å². The molecule has 1 rings (SSSR count). The normalized spacial score (nSPS) is 12.4. The number of nitrogens with zero attached hydrogens (tertiary/aromatic N) is 2. The van der Waals surface area contributed by atoms with Crippen LogP contribution in [-0.2, 0) is 16.0 Å². The molecule has 0 saturated heterocycles. The quantitative estimate of drug-likeness (QED) is 0.114. The minimum atomic E-state index is -0.464. The van der Waals surface area contributed by atoms with E-state index in [4.69, 9.17) is 10.5 Å². The van der Waals surface area contributed by atoms with Crippen LogP contribution in [0, 0.1) is 0 Å². The Morgan fingerprint density at radius 1 is 0.811 bits per heavy atom. The third-order valence-corrected chi connectivity index (χ3v) is 7.33. The molecule has 0 bridgehead atoms. The number of nitrogens with one attached hydrogen (secondary N) is 1. The summed E-state index contributed by atoms with van der Waals surface area (Å²) in [6.07, 6.45) is 27.0. The van der Waals surface area contributed by atoms with Crippen molar-refractivity contribution in [2.24, 2.45) is 5.73 Å². The monoisotopic (exact) mass is 520 g/mol. The van der Waals surface area contributed by atoms with Crippen molar-refractivity contribution in [2.75, 3.05) is 32.8 Å². The molecule has 6 heteroatoms. The SMILES string of the molecule is CCCCCCCCCCN(CCCCCCCCCC)CCOCCCC(=O)C(N)Cc1cnc[nH]1. The van der Waals surface area contributed by atoms with E-state index in [2.05, 4.69) is 28.7 Å². The van der Waals surface area contributed by atoms with Crippen LogP contribution in [0.3, 0.4) is 0 Å². The van der Waals surface area contributed by atoms with E-state index in [1.165, 1.54) is 116 Å². The number of aromatic nitrogens is 2. The standard InChI is InChI=1S/C31H60N4O2/c1-3-5-7-9-11-13-15-17-21-35(22-18-16-14-12-10-8-6-4-2)23-25-37-24-19-20-31(36)30(32)26-29-27-33-28-34-29/h27-28,30H,3-26,32H2,1-2H3,(H,33,34). The first-order valence-electron chi connectivity index (χ1n) is 15.7. The van der Waals surface area contributed by atoms with Crippen molar-refractivity contribution >= 4 is 5.78 Å². The van der Waals surface area contributed by atoms with Crippen LogP contribution in [0.4, 0.5) is 0 Å². The highest BCUT2D eigenvalue weighted by atomic mass is 16.5. The van der Waals surface area contributed by atoms with E-state index in [-0.39, 0.29) is 5.78 Å². The molecular formula is C31H60N4O2. The lowest BCUT2D eigenvalue weighted by Crippen LogP contribution is -2.33. The molecule has 0 amide bonds. The molecule has 6 nitrogen and oxygen atoms in total. The fourth-order valence-electron chi connectivity index (χ4n) is 4.85. The van der Waals surface area contributed by atoms with Crippen molar-refractivity contribution in [1.29, 1.82) is 0 Å². The highest BCUT2D eigenvalue weighted by Gasteiger charge is 2.14. The molecule has 1 atom stereocenters. The zero-order valence-electron chi connectivity index (χ0n) is 24.5. The molecule has 216 valence electrons. The highest BCUT2D eigenvalue weighted by Crippen LogP contribution is 2.11. The minimum absolute atomic E-state index is 0.101. The summed E-state index contributed by atoms with van der Waals surface area (Å²) in [7, 11) is 0. The van der Waals surface area contributed by atoms with Gasteiger partial charge in [-0.1, -0.05) is 104 Å². The largest absolute Gasteiger partial charge is 0.380 e. The number of hydrogen-bond donors (Lipinski definition) is 2. The lowest BCUT2D eigenvalue weighted by atomic mass is 10.0. The van der Waals surface area contributed by atoms with Gasteiger partial charge in [0.1, 0.15) is 5.78 Å². The predicted molar refractivity (Wildman–Crippen MR) is 157 cm³/mol. The number of ether oxygens (including phenoxy) is 1. The number of hydrogen-bond acceptors (Lipinski definition) is 5. The summed E-state index contributed by atoms with van der Waals surface area (Å²) in [4.78, 5) is 21.9. The number of aromatic amines is 1. The molecule has 0 aliphatic rings. The second-order valence-electron chi connectivity index (χ2n) is 10.9. The maximum Gasteiger partial charge on any atom is 0.150 e. The number of ketones is 1. The van der Waals surface area contributed by atoms with Crippen LogP contribution in [-0.4, -0.2) is 59.5 Å². The molecule has 0 saturated carbocycles. The van der Waals surface area contributed by atoms with E-state index in [0.29, 0.717) is 19.4 Å². The minimum Gasteiger partial charge on any atom is -0.380 e. The van der Waals surface area contributed by atoms with Gasteiger partial charge < -0.3 is 20.4 Å². The lowest BCUT2D eigenvalue weighted by Gasteiger charge is -2.22. The van der Waals surface area contributed by atoms with Gasteiger partial charge in [-0.05, 0) is 32.4 Å². The molecule has 37 heavy (non-hydrogen) atoms. The number of imidazole rings is 1. The third kappa shape index (κ3) is 20.4. The van der Waals surface area contributed by atoms with Gasteiger partial charge in [0.2, 0.25) is 0 Å². The molecule has 0 aliphatic carbocycles. The maximum atomic E-state index is 12.3. The van der Waals surface area contributed by atoms with Crippen LogP contribution in [0.1, 0.15) is 135 Å². The summed E-state index contributed by atoms with van der Waals surface area (Å²) in [5.74, 6) is 0.101. The number of nitrogens with two attached hydrogens (primary N) is 1. The summed E-state index contributed by atoms with van der Waals surface area (Å²) in [6.45, 7) is 9.33. The molecule has 1 unspecified atom stereocenters. The topological polar surface area (TPSA) is 84.2 Å². The first-order chi connectivity index (χ1) is 18.2. The Morgan fingerprint density at radius 2 is 1.35 bits per heavy atom. The zero-order valence-corrected chi connectivity index (χ0v) is 24.5. The van der Waals surface area contributed by atoms with Crippen LogP contribution < -0.4 is 5.73 Å². The maximum absolute atomic E-state index is 12.3. The Hall–Kier alpha value is -1.24. The predicted octanol–water partition coefficient (Wildman–Crippen LogP) is 7.23. The fraction of sp³-hybridized carbons (Fsp3) is 0.871. The molecule has 0 fully saturated rings. The first kappa shape index (κ1) is 33.8. The average molecular weight is 521 g/mol. The van der Waals surface area contributed by atoms with E-state index < -0.39 is 6.04 Å². The summed E-state index contributed by atoms with van der Waals surface area (Å²) in [6, 6.07) is -0.464. The molecule has 1 aromatic heterocycles. The molecule has 1 aromatic rings. The molecule has 0 radical (unpaired) electrons. The Labute approximate surface area is 228 Å². The van der Waals surface area contributed by atoms with Gasteiger partial charge >= 0.3 is 0 Å². The highest BCUT2D eigenvalue weighted by molar-refractivity contribution is 5.83. The number of unbranched alkanes of at least 4 members (excludes halogenated alkanes) is 14. The van der Waals surface area contributed by atoms with E-state index in [1.54, 1.807) is 12.5 Å². The van der Waals surface area contributed by atoms with Crippen LogP contribution >= 0.6 is 0 Å². The number of Topliss-reactive ketones (excluding diaryl/α,β-unsaturated/α-hetero) is 1. The van der Waals surface area contributed by atoms with Gasteiger partial charge in [-0.25, -0.2) is 4.98 Å². The van der Waals surface area contributed by atoms with Crippen molar-refractivity contribution in [2.45, 2.75) is 142 Å². The number of H-pyrrole nitrogens is 1. The Kier molecular flexibility index (Phi) is 22.9. The van der Waals surface area contributed by atoms with Crippen molar-refractivity contribution in [3.8, 4) is 0 Å². The average Bonchev–Trinajstić information content (AvgIpc) is 3.41. The zero-order chi connectivity index (χ0) is 26.8. The van der Waals surface area contributed by atoms with E-state index >= 15 is 0 Å². The third-order valence-electron chi connectivity index (χ3n) is 7.33. The van der Waals surface area contributed by atoms with Gasteiger partial charge in [0, 0.05) is 37.9 Å². The van der Waals surface area contributed by atoms with Crippen LogP contribution in [0.25, 0.3) is 0 Å². The van der Waals surface area contributed by atoms with Gasteiger partial charge in [0.25, 0.3) is 0 Å². The Morgan fingerprint density at radius 3 is 1.86 bits per heavy atom. The van der Waals surface area contributed by atoms with Crippen LogP contribution in [0.2, 0.25) is 0 Å². The van der Waals surface area contributed by atoms with Gasteiger partial charge in [-0.3, -0.25) is 4.79 Å². The van der Waals surface area contributed by atoms with E-state index in [9.17, 15) is 4.79 Å².